The normalized spacial score (nSPS) is 11.7. The number of nitrogens with zero attached hydrogens (tertiary/aromatic N) is 3. The van der Waals surface area contributed by atoms with Crippen LogP contribution in [0.2, 0.25) is 0 Å². The van der Waals surface area contributed by atoms with Crippen molar-refractivity contribution >= 4 is 54.9 Å². The molecule has 1 heterocycles. The van der Waals surface area contributed by atoms with E-state index in [1.165, 1.54) is 10.7 Å². The number of carboxylic acid groups (broad SMARTS) is 1. The second-order valence-electron chi connectivity index (χ2n) is 9.76. The third-order valence-corrected chi connectivity index (χ3v) is 6.90. The van der Waals surface area contributed by atoms with Gasteiger partial charge in [0.25, 0.3) is 5.56 Å². The molecule has 0 fully saturated rings. The zero-order chi connectivity index (χ0) is 28.3. The molecule has 0 radical (unpaired) electrons. The first-order chi connectivity index (χ1) is 18.5. The van der Waals surface area contributed by atoms with Gasteiger partial charge in [-0.1, -0.05) is 48.8 Å². The highest BCUT2D eigenvalue weighted by Gasteiger charge is 2.23. The SMILES string of the molecule is CCOc1cc(C=Nn2c(C(C)(C)C)nc3ccc(Br)cc3c2=O)c(Br)cc1OCc1cccc(C(=O)O)c1. The van der Waals surface area contributed by atoms with Crippen LogP contribution in [0.15, 0.2) is 73.4 Å². The van der Waals surface area contributed by atoms with Gasteiger partial charge in [-0.05, 0) is 70.9 Å². The molecule has 0 unspecified atom stereocenters. The molecule has 39 heavy (non-hydrogen) atoms. The summed E-state index contributed by atoms with van der Waals surface area (Å²) >= 11 is 7.00. The topological polar surface area (TPSA) is 103 Å². The van der Waals surface area contributed by atoms with Crippen LogP contribution in [0, 0.1) is 0 Å². The molecule has 0 bridgehead atoms. The zero-order valence-electron chi connectivity index (χ0n) is 21.9. The van der Waals surface area contributed by atoms with Crippen molar-refractivity contribution in [2.45, 2.75) is 39.7 Å². The Morgan fingerprint density at radius 1 is 1.08 bits per heavy atom. The third-order valence-electron chi connectivity index (χ3n) is 5.72. The Morgan fingerprint density at radius 2 is 1.82 bits per heavy atom. The molecule has 202 valence electrons. The molecule has 0 saturated heterocycles. The largest absolute Gasteiger partial charge is 0.490 e. The summed E-state index contributed by atoms with van der Waals surface area (Å²) in [7, 11) is 0. The molecule has 1 aromatic heterocycles. The predicted octanol–water partition coefficient (Wildman–Crippen LogP) is 6.78. The molecule has 0 aliphatic rings. The van der Waals surface area contributed by atoms with Crippen LogP contribution in [0.4, 0.5) is 0 Å². The average Bonchev–Trinajstić information content (AvgIpc) is 2.88. The molecular weight excluding hydrogens is 630 g/mol. The summed E-state index contributed by atoms with van der Waals surface area (Å²) in [5, 5.41) is 14.3. The molecule has 4 aromatic rings. The van der Waals surface area contributed by atoms with Gasteiger partial charge in [0.1, 0.15) is 12.4 Å². The van der Waals surface area contributed by atoms with E-state index < -0.39 is 11.4 Å². The minimum atomic E-state index is -0.999. The number of rotatable bonds is 8. The van der Waals surface area contributed by atoms with Gasteiger partial charge in [-0.3, -0.25) is 4.79 Å². The lowest BCUT2D eigenvalue weighted by molar-refractivity contribution is 0.0696. The number of hydrogen-bond acceptors (Lipinski definition) is 6. The van der Waals surface area contributed by atoms with Crippen LogP contribution in [0.5, 0.6) is 11.5 Å². The summed E-state index contributed by atoms with van der Waals surface area (Å²) in [5.41, 5.74) is 1.46. The van der Waals surface area contributed by atoms with E-state index in [2.05, 4.69) is 37.0 Å². The van der Waals surface area contributed by atoms with E-state index in [-0.39, 0.29) is 17.7 Å². The molecule has 8 nitrogen and oxygen atoms in total. The first kappa shape index (κ1) is 28.5. The zero-order valence-corrected chi connectivity index (χ0v) is 25.0. The summed E-state index contributed by atoms with van der Waals surface area (Å²) in [6.45, 7) is 8.36. The molecule has 1 N–H and O–H groups in total. The molecule has 0 aliphatic heterocycles. The number of fused-ring (bicyclic) bond motifs is 1. The van der Waals surface area contributed by atoms with Crippen LogP contribution in [0.3, 0.4) is 0 Å². The van der Waals surface area contributed by atoms with Gasteiger partial charge in [-0.15, -0.1) is 0 Å². The lowest BCUT2D eigenvalue weighted by atomic mass is 9.95. The van der Waals surface area contributed by atoms with Gasteiger partial charge in [0, 0.05) is 19.9 Å². The van der Waals surface area contributed by atoms with E-state index in [1.807, 2.05) is 39.8 Å². The predicted molar refractivity (Wildman–Crippen MR) is 158 cm³/mol. The van der Waals surface area contributed by atoms with Gasteiger partial charge in [0.2, 0.25) is 0 Å². The molecule has 3 aromatic carbocycles. The fraction of sp³-hybridized carbons (Fsp3) is 0.241. The van der Waals surface area contributed by atoms with Crippen molar-refractivity contribution in [1.82, 2.24) is 9.66 Å². The summed E-state index contributed by atoms with van der Waals surface area (Å²) in [6, 6.07) is 15.5. The standard InChI is InChI=1S/C29H27Br2N3O5/c1-5-38-24-12-19(22(31)14-25(24)39-16-17-7-6-8-18(11-17)27(36)37)15-32-34-26(35)21-13-20(30)9-10-23(21)33-28(34)29(2,3)4/h6-15H,5,16H2,1-4H3,(H,36,37). The van der Waals surface area contributed by atoms with E-state index >= 15 is 0 Å². The van der Waals surface area contributed by atoms with Crippen LogP contribution in [-0.2, 0) is 12.0 Å². The quantitative estimate of drug-likeness (QED) is 0.210. The van der Waals surface area contributed by atoms with E-state index in [0.717, 1.165) is 4.47 Å². The Morgan fingerprint density at radius 3 is 2.51 bits per heavy atom. The van der Waals surface area contributed by atoms with E-state index in [0.29, 0.717) is 50.4 Å². The third kappa shape index (κ3) is 6.57. The maximum absolute atomic E-state index is 13.5. The number of hydrogen-bond donors (Lipinski definition) is 1. The smallest absolute Gasteiger partial charge is 0.335 e. The van der Waals surface area contributed by atoms with Crippen molar-refractivity contribution < 1.29 is 19.4 Å². The maximum Gasteiger partial charge on any atom is 0.335 e. The Hall–Kier alpha value is -3.50. The molecule has 0 spiro atoms. The Kier molecular flexibility index (Phi) is 8.56. The van der Waals surface area contributed by atoms with Crippen molar-refractivity contribution in [2.75, 3.05) is 6.61 Å². The number of carboxylic acids is 1. The van der Waals surface area contributed by atoms with Gasteiger partial charge in [-0.2, -0.15) is 9.78 Å². The first-order valence-corrected chi connectivity index (χ1v) is 13.7. The molecule has 0 atom stereocenters. The van der Waals surface area contributed by atoms with Crippen molar-refractivity contribution in [2.24, 2.45) is 5.10 Å². The van der Waals surface area contributed by atoms with Crippen LogP contribution in [0.25, 0.3) is 10.9 Å². The van der Waals surface area contributed by atoms with Crippen molar-refractivity contribution in [1.29, 1.82) is 0 Å². The first-order valence-electron chi connectivity index (χ1n) is 12.2. The summed E-state index contributed by atoms with van der Waals surface area (Å²) in [6.07, 6.45) is 1.58. The van der Waals surface area contributed by atoms with Crippen molar-refractivity contribution in [3.05, 3.63) is 96.4 Å². The van der Waals surface area contributed by atoms with Crippen LogP contribution in [0.1, 0.15) is 55.0 Å². The number of ether oxygens (including phenoxy) is 2. The highest BCUT2D eigenvalue weighted by Crippen LogP contribution is 2.34. The van der Waals surface area contributed by atoms with Gasteiger partial charge in [-0.25, -0.2) is 9.78 Å². The van der Waals surface area contributed by atoms with Crippen LogP contribution >= 0.6 is 31.9 Å². The monoisotopic (exact) mass is 655 g/mol. The average molecular weight is 657 g/mol. The van der Waals surface area contributed by atoms with Crippen molar-refractivity contribution in [3.8, 4) is 11.5 Å². The summed E-state index contributed by atoms with van der Waals surface area (Å²) in [4.78, 5) is 29.5. The molecule has 0 saturated carbocycles. The minimum Gasteiger partial charge on any atom is -0.490 e. The Bertz CT molecular complexity index is 1640. The number of aromatic carboxylic acids is 1. The fourth-order valence-electron chi connectivity index (χ4n) is 3.85. The number of halogens is 2. The summed E-state index contributed by atoms with van der Waals surface area (Å²) < 4.78 is 14.6. The number of benzene rings is 3. The lowest BCUT2D eigenvalue weighted by Gasteiger charge is -2.21. The van der Waals surface area contributed by atoms with Gasteiger partial charge >= 0.3 is 5.97 Å². The van der Waals surface area contributed by atoms with E-state index in [4.69, 9.17) is 14.5 Å². The molecule has 4 rings (SSSR count). The highest BCUT2D eigenvalue weighted by molar-refractivity contribution is 9.10. The van der Waals surface area contributed by atoms with Crippen molar-refractivity contribution in [3.63, 3.8) is 0 Å². The van der Waals surface area contributed by atoms with E-state index in [9.17, 15) is 14.7 Å². The minimum absolute atomic E-state index is 0.156. The Balaban J connectivity index is 1.71. The second-order valence-corrected chi connectivity index (χ2v) is 11.5. The van der Waals surface area contributed by atoms with Crippen LogP contribution in [-0.4, -0.2) is 33.6 Å². The van der Waals surface area contributed by atoms with Crippen LogP contribution < -0.4 is 15.0 Å². The maximum atomic E-state index is 13.5. The molecule has 0 aliphatic carbocycles. The van der Waals surface area contributed by atoms with Gasteiger partial charge in [0.05, 0.1) is 29.3 Å². The molecule has 0 amide bonds. The fourth-order valence-corrected chi connectivity index (χ4v) is 4.63. The highest BCUT2D eigenvalue weighted by atomic mass is 79.9. The second kappa shape index (κ2) is 11.7. The summed E-state index contributed by atoms with van der Waals surface area (Å²) in [5.74, 6) is 0.497. The molecular formula is C29H27Br2N3O5. The van der Waals surface area contributed by atoms with Gasteiger partial charge in [0.15, 0.2) is 11.5 Å². The van der Waals surface area contributed by atoms with E-state index in [1.54, 1.807) is 42.6 Å². The lowest BCUT2D eigenvalue weighted by Crippen LogP contribution is -2.29. The Labute approximate surface area is 242 Å². The van der Waals surface area contributed by atoms with Gasteiger partial charge < -0.3 is 14.6 Å². The molecule has 10 heteroatoms. The number of aromatic nitrogens is 2. The number of carbonyl (C=O) groups is 1.